The zero-order valence-electron chi connectivity index (χ0n) is 16.6. The number of benzene rings is 1. The van der Waals surface area contributed by atoms with Crippen molar-refractivity contribution in [1.82, 2.24) is 4.98 Å². The highest BCUT2D eigenvalue weighted by Gasteiger charge is 2.36. The van der Waals surface area contributed by atoms with Crippen LogP contribution in [0.4, 0.5) is 24.7 Å². The van der Waals surface area contributed by atoms with Crippen LogP contribution < -0.4 is 9.80 Å². The molecule has 29 heavy (non-hydrogen) atoms. The molecule has 2 aromatic rings. The van der Waals surface area contributed by atoms with Crippen molar-refractivity contribution < 1.29 is 18.0 Å². The van der Waals surface area contributed by atoms with Gasteiger partial charge in [0.05, 0.1) is 5.56 Å². The van der Waals surface area contributed by atoms with Gasteiger partial charge in [0.15, 0.2) is 0 Å². The molecule has 1 amide bonds. The molecule has 0 aliphatic carbocycles. The number of aryl methyl sites for hydroxylation is 2. The predicted molar refractivity (Wildman–Crippen MR) is 106 cm³/mol. The molecule has 0 spiro atoms. The third kappa shape index (κ3) is 5.70. The van der Waals surface area contributed by atoms with E-state index in [2.05, 4.69) is 4.98 Å². The van der Waals surface area contributed by atoms with Crippen LogP contribution in [0.15, 0.2) is 30.3 Å². The zero-order valence-corrected chi connectivity index (χ0v) is 16.6. The smallest absolute Gasteiger partial charge is 0.356 e. The average molecular weight is 404 g/mol. The molecule has 1 fully saturated rings. The van der Waals surface area contributed by atoms with Gasteiger partial charge in [-0.1, -0.05) is 12.1 Å². The number of carbonyl (C=O) groups is 1. The molecular formula is C21H23F3N4O. The summed E-state index contributed by atoms with van der Waals surface area (Å²) < 4.78 is 38.7. The number of hydrogen-bond acceptors (Lipinski definition) is 4. The molecular weight excluding hydrogens is 381 g/mol. The summed E-state index contributed by atoms with van der Waals surface area (Å²) in [6, 6.07) is 10.4. The van der Waals surface area contributed by atoms with Crippen LogP contribution in [0.5, 0.6) is 0 Å². The summed E-state index contributed by atoms with van der Waals surface area (Å²) in [6.45, 7) is 4.82. The first kappa shape index (κ1) is 22.2. The largest absolute Gasteiger partial charge is 0.417 e. The van der Waals surface area contributed by atoms with Gasteiger partial charge in [0.2, 0.25) is 6.41 Å². The normalized spacial score (nSPS) is 13.3. The molecule has 3 rings (SSSR count). The second-order valence-electron chi connectivity index (χ2n) is 6.87. The molecule has 5 nitrogen and oxygen atoms in total. The molecule has 1 saturated heterocycles. The van der Waals surface area contributed by atoms with Gasteiger partial charge >= 0.3 is 6.18 Å². The Balaban J connectivity index is 0.000000234. The summed E-state index contributed by atoms with van der Waals surface area (Å²) in [7, 11) is 1.74. The highest BCUT2D eigenvalue weighted by molar-refractivity contribution is 5.74. The number of amides is 1. The van der Waals surface area contributed by atoms with E-state index in [-0.39, 0.29) is 17.1 Å². The highest BCUT2D eigenvalue weighted by atomic mass is 19.4. The van der Waals surface area contributed by atoms with E-state index in [0.29, 0.717) is 13.1 Å². The number of rotatable bonds is 3. The van der Waals surface area contributed by atoms with Gasteiger partial charge in [-0.3, -0.25) is 4.79 Å². The number of nitrogens with zero attached hydrogens (tertiary/aromatic N) is 4. The van der Waals surface area contributed by atoms with Gasteiger partial charge in [-0.2, -0.15) is 18.4 Å². The topological polar surface area (TPSA) is 60.2 Å². The molecule has 0 unspecified atom stereocenters. The van der Waals surface area contributed by atoms with Gasteiger partial charge in [0, 0.05) is 31.5 Å². The summed E-state index contributed by atoms with van der Waals surface area (Å²) in [4.78, 5) is 17.7. The number of nitriles is 1. The summed E-state index contributed by atoms with van der Waals surface area (Å²) in [5, 5.41) is 9.00. The maximum absolute atomic E-state index is 12.9. The third-order valence-electron chi connectivity index (χ3n) is 4.52. The van der Waals surface area contributed by atoms with Crippen LogP contribution in [-0.2, 0) is 11.0 Å². The van der Waals surface area contributed by atoms with Crippen LogP contribution in [0, 0.1) is 25.2 Å². The fourth-order valence-corrected chi connectivity index (χ4v) is 3.06. The van der Waals surface area contributed by atoms with Gasteiger partial charge in [0.25, 0.3) is 0 Å². The van der Waals surface area contributed by atoms with Crippen molar-refractivity contribution in [3.05, 3.63) is 52.7 Å². The van der Waals surface area contributed by atoms with Crippen molar-refractivity contribution in [3.63, 3.8) is 0 Å². The maximum atomic E-state index is 12.9. The van der Waals surface area contributed by atoms with Crippen LogP contribution in [0.3, 0.4) is 0 Å². The van der Waals surface area contributed by atoms with E-state index in [9.17, 15) is 18.0 Å². The zero-order chi connectivity index (χ0) is 21.6. The van der Waals surface area contributed by atoms with Crippen LogP contribution in [0.2, 0.25) is 0 Å². The van der Waals surface area contributed by atoms with Crippen LogP contribution in [0.1, 0.15) is 35.2 Å². The highest BCUT2D eigenvalue weighted by Crippen LogP contribution is 2.36. The molecule has 1 aliphatic heterocycles. The second-order valence-corrected chi connectivity index (χ2v) is 6.87. The summed E-state index contributed by atoms with van der Waals surface area (Å²) in [5.41, 5.74) is 1.12. The van der Waals surface area contributed by atoms with Gasteiger partial charge in [0.1, 0.15) is 17.5 Å². The Morgan fingerprint density at radius 1 is 1.21 bits per heavy atom. The molecule has 0 N–H and O–H groups in total. The Hall–Kier alpha value is -3.08. The maximum Gasteiger partial charge on any atom is 0.417 e. The molecule has 0 atom stereocenters. The SMILES string of the molecule is Cc1cc(C(F)(F)F)c(C#N)c(N2CCCC2)n1.Cc1cccc(N(C)C=O)c1. The van der Waals surface area contributed by atoms with Gasteiger partial charge in [-0.15, -0.1) is 0 Å². The van der Waals surface area contributed by atoms with Crippen molar-refractivity contribution >= 4 is 17.9 Å². The van der Waals surface area contributed by atoms with E-state index in [1.54, 1.807) is 22.9 Å². The van der Waals surface area contributed by atoms with E-state index >= 15 is 0 Å². The van der Waals surface area contributed by atoms with Crippen LogP contribution in [-0.4, -0.2) is 31.5 Å². The lowest BCUT2D eigenvalue weighted by molar-refractivity contribution is -0.137. The van der Waals surface area contributed by atoms with E-state index in [0.717, 1.165) is 36.6 Å². The van der Waals surface area contributed by atoms with Crippen molar-refractivity contribution in [2.24, 2.45) is 0 Å². The standard InChI is InChI=1S/C12H12F3N3.C9H11NO/c1-8-6-10(12(13,14)15)9(7-16)11(17-8)18-4-2-3-5-18;1-8-4-3-5-9(6-8)10(2)7-11/h6H,2-5H2,1H3;3-7H,1-2H3. The molecule has 8 heteroatoms. The Bertz CT molecular complexity index is 900. The molecule has 0 bridgehead atoms. The molecule has 1 aliphatic rings. The number of aromatic nitrogens is 1. The fraction of sp³-hybridized carbons (Fsp3) is 0.381. The van der Waals surface area contributed by atoms with Crippen molar-refractivity contribution in [3.8, 4) is 6.07 Å². The van der Waals surface area contributed by atoms with Crippen molar-refractivity contribution in [2.45, 2.75) is 32.9 Å². The average Bonchev–Trinajstić information content (AvgIpc) is 3.21. The number of alkyl halides is 3. The number of pyridine rings is 1. The molecule has 0 saturated carbocycles. The lowest BCUT2D eigenvalue weighted by Gasteiger charge is -2.20. The monoisotopic (exact) mass is 404 g/mol. The number of anilines is 2. The van der Waals surface area contributed by atoms with E-state index < -0.39 is 11.7 Å². The molecule has 1 aromatic carbocycles. The second kappa shape index (κ2) is 9.41. The van der Waals surface area contributed by atoms with Gasteiger partial charge < -0.3 is 9.80 Å². The predicted octanol–water partition coefficient (Wildman–Crippen LogP) is 4.47. The first-order valence-corrected chi connectivity index (χ1v) is 9.16. The molecule has 0 radical (unpaired) electrons. The number of hydrogen-bond donors (Lipinski definition) is 0. The number of halogens is 3. The van der Waals surface area contributed by atoms with Crippen molar-refractivity contribution in [1.29, 1.82) is 5.26 Å². The Morgan fingerprint density at radius 3 is 2.38 bits per heavy atom. The summed E-state index contributed by atoms with van der Waals surface area (Å²) >= 11 is 0. The molecule has 2 heterocycles. The van der Waals surface area contributed by atoms with E-state index in [1.165, 1.54) is 6.92 Å². The first-order chi connectivity index (χ1) is 13.7. The lowest BCUT2D eigenvalue weighted by Crippen LogP contribution is -2.22. The summed E-state index contributed by atoms with van der Waals surface area (Å²) in [5.74, 6) is 0.169. The molecule has 1 aromatic heterocycles. The Labute approximate surface area is 168 Å². The van der Waals surface area contributed by atoms with Gasteiger partial charge in [-0.25, -0.2) is 4.98 Å². The third-order valence-corrected chi connectivity index (χ3v) is 4.52. The van der Waals surface area contributed by atoms with Crippen molar-refractivity contribution in [2.75, 3.05) is 29.9 Å². The Kier molecular flexibility index (Phi) is 7.21. The minimum atomic E-state index is -4.52. The first-order valence-electron chi connectivity index (χ1n) is 9.16. The minimum absolute atomic E-state index is 0.169. The fourth-order valence-electron chi connectivity index (χ4n) is 3.06. The minimum Gasteiger partial charge on any atom is -0.356 e. The Morgan fingerprint density at radius 2 is 1.86 bits per heavy atom. The van der Waals surface area contributed by atoms with E-state index in [4.69, 9.17) is 5.26 Å². The van der Waals surface area contributed by atoms with Gasteiger partial charge in [-0.05, 0) is 50.5 Å². The molecule has 154 valence electrons. The van der Waals surface area contributed by atoms with Crippen LogP contribution in [0.25, 0.3) is 0 Å². The number of carbonyl (C=O) groups excluding carboxylic acids is 1. The lowest BCUT2D eigenvalue weighted by atomic mass is 10.1. The van der Waals surface area contributed by atoms with Crippen LogP contribution >= 0.6 is 0 Å². The quantitative estimate of drug-likeness (QED) is 0.709. The summed E-state index contributed by atoms with van der Waals surface area (Å²) in [6.07, 6.45) is -1.88. The van der Waals surface area contributed by atoms with E-state index in [1.807, 2.05) is 31.2 Å².